The Morgan fingerprint density at radius 2 is 1.84 bits per heavy atom. The summed E-state index contributed by atoms with van der Waals surface area (Å²) in [6.45, 7) is 6.53. The van der Waals surface area contributed by atoms with E-state index in [1.54, 1.807) is 27.7 Å². The molecule has 5 aliphatic rings. The van der Waals surface area contributed by atoms with Gasteiger partial charge in [-0.3, -0.25) is 4.79 Å². The highest BCUT2D eigenvalue weighted by atomic mass is 16.6. The molecule has 0 amide bonds. The van der Waals surface area contributed by atoms with E-state index in [0.717, 1.165) is 7.11 Å². The highest BCUT2D eigenvalue weighted by Crippen LogP contribution is 2.72. The van der Waals surface area contributed by atoms with Crippen LogP contribution in [0.15, 0.2) is 23.0 Å². The van der Waals surface area contributed by atoms with Crippen LogP contribution in [0.2, 0.25) is 0 Å². The average Bonchev–Trinajstić information content (AvgIpc) is 3.12. The zero-order valence-electron chi connectivity index (χ0n) is 21.3. The van der Waals surface area contributed by atoms with E-state index in [1.807, 2.05) is 0 Å². The maximum Gasteiger partial charge on any atom is 0.348 e. The molecule has 11 heteroatoms. The summed E-state index contributed by atoms with van der Waals surface area (Å²) in [6, 6.07) is 0. The highest BCUT2D eigenvalue weighted by molar-refractivity contribution is 5.95. The third kappa shape index (κ3) is 3.04. The zero-order chi connectivity index (χ0) is 27.2. The lowest BCUT2D eigenvalue weighted by Gasteiger charge is -2.67. The number of hydrogen-bond acceptors (Lipinski definition) is 11. The van der Waals surface area contributed by atoms with Crippen molar-refractivity contribution in [3.8, 4) is 0 Å². The maximum atomic E-state index is 13.4. The van der Waals surface area contributed by atoms with Crippen molar-refractivity contribution in [1.82, 2.24) is 0 Å². The number of Topliss-reactive ketones (excluding diaryl/α,β-unsaturated/α-hetero) is 1. The van der Waals surface area contributed by atoms with Gasteiger partial charge in [0.1, 0.15) is 12.2 Å². The van der Waals surface area contributed by atoms with Crippen LogP contribution in [-0.4, -0.2) is 82.7 Å². The van der Waals surface area contributed by atoms with Crippen molar-refractivity contribution in [1.29, 1.82) is 0 Å². The van der Waals surface area contributed by atoms with Crippen LogP contribution < -0.4 is 0 Å². The Kier molecular flexibility index (Phi) is 5.68. The molecule has 37 heavy (non-hydrogen) atoms. The van der Waals surface area contributed by atoms with Crippen molar-refractivity contribution < 1.29 is 53.4 Å². The van der Waals surface area contributed by atoms with Crippen molar-refractivity contribution in [2.45, 2.75) is 70.6 Å². The third-order valence-corrected chi connectivity index (χ3v) is 9.49. The molecule has 0 unspecified atom stereocenters. The Bertz CT molecular complexity index is 1150. The molecular formula is C26H32O11. The van der Waals surface area contributed by atoms with Gasteiger partial charge >= 0.3 is 17.9 Å². The van der Waals surface area contributed by atoms with E-state index in [9.17, 15) is 34.5 Å². The van der Waals surface area contributed by atoms with E-state index in [2.05, 4.69) is 0 Å². The van der Waals surface area contributed by atoms with Crippen LogP contribution in [0.1, 0.15) is 40.5 Å². The van der Waals surface area contributed by atoms with Crippen LogP contribution in [0.5, 0.6) is 0 Å². The lowest BCUT2D eigenvalue weighted by molar-refractivity contribution is -0.290. The number of rotatable bonds is 3. The molecule has 0 aromatic heterocycles. The summed E-state index contributed by atoms with van der Waals surface area (Å²) >= 11 is 0. The Labute approximate surface area is 213 Å². The Hall–Kier alpha value is -2.76. The summed E-state index contributed by atoms with van der Waals surface area (Å²) in [6.07, 6.45) is -4.79. The van der Waals surface area contributed by atoms with E-state index in [4.69, 9.17) is 18.9 Å². The molecule has 2 aliphatic heterocycles. The summed E-state index contributed by atoms with van der Waals surface area (Å²) < 4.78 is 22.5. The summed E-state index contributed by atoms with van der Waals surface area (Å²) in [4.78, 5) is 52.2. The average molecular weight is 521 g/mol. The largest absolute Gasteiger partial charge is 0.504 e. The van der Waals surface area contributed by atoms with Gasteiger partial charge in [0.25, 0.3) is 0 Å². The Balaban J connectivity index is 1.74. The number of fused-ring (bicyclic) bond motifs is 2. The SMILES string of the molecule is COC(=O)[C@]12OC[C@@]34[C@H]([C@H](O)[C@@H]1O)[C@]1(C)CC(=O)C(O)=C(C)[C@@H]1C[C@H]3OC(=O)[C@@H](OC(=O)C=C(C)C)[C@@H]24. The van der Waals surface area contributed by atoms with E-state index in [-0.39, 0.29) is 25.2 Å². The fourth-order valence-electron chi connectivity index (χ4n) is 8.25. The number of esters is 3. The minimum absolute atomic E-state index is 0.141. The first-order valence-corrected chi connectivity index (χ1v) is 12.3. The van der Waals surface area contributed by atoms with E-state index >= 15 is 0 Å². The molecule has 2 saturated carbocycles. The molecule has 10 atom stereocenters. The molecule has 1 spiro atoms. The molecule has 0 radical (unpaired) electrons. The van der Waals surface area contributed by atoms with Crippen molar-refractivity contribution >= 4 is 23.7 Å². The van der Waals surface area contributed by atoms with Crippen molar-refractivity contribution in [2.75, 3.05) is 13.7 Å². The van der Waals surface area contributed by atoms with Crippen molar-refractivity contribution in [3.05, 3.63) is 23.0 Å². The quantitative estimate of drug-likeness (QED) is 0.270. The van der Waals surface area contributed by atoms with Crippen LogP contribution in [0.3, 0.4) is 0 Å². The number of allylic oxidation sites excluding steroid dienone is 3. The summed E-state index contributed by atoms with van der Waals surface area (Å²) in [5, 5.41) is 33.6. The summed E-state index contributed by atoms with van der Waals surface area (Å²) in [5.74, 6) is -6.30. The molecule has 4 fully saturated rings. The van der Waals surface area contributed by atoms with Gasteiger partial charge in [0.2, 0.25) is 11.7 Å². The summed E-state index contributed by atoms with van der Waals surface area (Å²) in [7, 11) is 1.09. The van der Waals surface area contributed by atoms with Gasteiger partial charge in [-0.15, -0.1) is 0 Å². The smallest absolute Gasteiger partial charge is 0.348 e. The molecule has 5 rings (SSSR count). The number of aliphatic hydroxyl groups is 3. The first kappa shape index (κ1) is 25.9. The van der Waals surface area contributed by atoms with Crippen molar-refractivity contribution in [2.24, 2.45) is 28.6 Å². The number of hydrogen-bond donors (Lipinski definition) is 3. The van der Waals surface area contributed by atoms with Gasteiger partial charge in [-0.1, -0.05) is 12.5 Å². The van der Waals surface area contributed by atoms with E-state index in [1.165, 1.54) is 6.08 Å². The normalized spacial score (nSPS) is 45.9. The second kappa shape index (κ2) is 8.12. The van der Waals surface area contributed by atoms with E-state index in [0.29, 0.717) is 11.1 Å². The van der Waals surface area contributed by atoms with Gasteiger partial charge < -0.3 is 34.3 Å². The maximum absolute atomic E-state index is 13.4. The number of ether oxygens (including phenoxy) is 4. The summed E-state index contributed by atoms with van der Waals surface area (Å²) in [5.41, 5.74) is -3.50. The second-order valence-corrected chi connectivity index (χ2v) is 11.5. The van der Waals surface area contributed by atoms with Crippen LogP contribution >= 0.6 is 0 Å². The standard InChI is InChI=1S/C26H32O11/c1-10(2)6-15(28)37-18-20-25-9-35-26(20,23(33)34-5)21(31)17(30)19(25)24(4)8-13(27)16(29)11(3)12(24)7-14(25)36-22(18)32/h6,12,14,17-21,29-31H,7-9H2,1-5H3/t12-,14+,17-,18-,19+,20+,21-,24+,25-,26+/m0/s1. The molecule has 2 bridgehead atoms. The topological polar surface area (TPSA) is 166 Å². The number of carbonyl (C=O) groups is 4. The first-order valence-electron chi connectivity index (χ1n) is 12.3. The lowest BCUT2D eigenvalue weighted by Crippen LogP contribution is -2.79. The van der Waals surface area contributed by atoms with Crippen LogP contribution in [-0.2, 0) is 38.1 Å². The van der Waals surface area contributed by atoms with Gasteiger partial charge in [-0.05, 0) is 44.1 Å². The van der Waals surface area contributed by atoms with Gasteiger partial charge in [0.15, 0.2) is 11.5 Å². The zero-order valence-corrected chi connectivity index (χ0v) is 21.3. The number of methoxy groups -OCH3 is 1. The predicted octanol–water partition coefficient (Wildman–Crippen LogP) is 0.517. The predicted molar refractivity (Wildman–Crippen MR) is 122 cm³/mol. The minimum atomic E-state index is -2.22. The van der Waals surface area contributed by atoms with Gasteiger partial charge in [-0.25, -0.2) is 14.4 Å². The number of ketones is 1. The Morgan fingerprint density at radius 1 is 1.16 bits per heavy atom. The monoisotopic (exact) mass is 520 g/mol. The molecule has 0 aromatic rings. The van der Waals surface area contributed by atoms with E-state index < -0.39 is 82.3 Å². The fraction of sp³-hybridized carbons (Fsp3) is 0.692. The van der Waals surface area contributed by atoms with Gasteiger partial charge in [0.05, 0.1) is 25.7 Å². The Morgan fingerprint density at radius 3 is 2.46 bits per heavy atom. The second-order valence-electron chi connectivity index (χ2n) is 11.5. The minimum Gasteiger partial charge on any atom is -0.504 e. The number of aliphatic hydroxyl groups excluding tert-OH is 3. The molecule has 0 aromatic carbocycles. The number of carbonyl (C=O) groups excluding carboxylic acids is 4. The third-order valence-electron chi connectivity index (χ3n) is 9.49. The van der Waals surface area contributed by atoms with Crippen LogP contribution in [0, 0.1) is 28.6 Å². The van der Waals surface area contributed by atoms with Crippen molar-refractivity contribution in [3.63, 3.8) is 0 Å². The molecule has 2 heterocycles. The van der Waals surface area contributed by atoms with Crippen LogP contribution in [0.4, 0.5) is 0 Å². The molecular weight excluding hydrogens is 488 g/mol. The molecule has 11 nitrogen and oxygen atoms in total. The molecule has 3 N–H and O–H groups in total. The van der Waals surface area contributed by atoms with Gasteiger partial charge in [0, 0.05) is 23.8 Å². The van der Waals surface area contributed by atoms with Gasteiger partial charge in [-0.2, -0.15) is 0 Å². The fourth-order valence-corrected chi connectivity index (χ4v) is 8.25. The lowest BCUT2D eigenvalue weighted by atomic mass is 9.38. The van der Waals surface area contributed by atoms with Crippen LogP contribution in [0.25, 0.3) is 0 Å². The molecule has 3 aliphatic carbocycles. The first-order chi connectivity index (χ1) is 17.3. The molecule has 202 valence electrons. The molecule has 2 saturated heterocycles. The highest BCUT2D eigenvalue weighted by Gasteiger charge is 2.85.